The van der Waals surface area contributed by atoms with E-state index < -0.39 is 67.4 Å². The summed E-state index contributed by atoms with van der Waals surface area (Å²) in [6, 6.07) is -1.07. The van der Waals surface area contributed by atoms with E-state index in [9.17, 15) is 35.1 Å². The molecule has 0 spiro atoms. The molecule has 1 aliphatic heterocycles. The number of amides is 1. The number of carbonyl (C=O) groups is 2. The van der Waals surface area contributed by atoms with Crippen LogP contribution in [-0.4, -0.2) is 99.6 Å². The fourth-order valence-corrected chi connectivity index (χ4v) is 9.78. The van der Waals surface area contributed by atoms with Crippen molar-refractivity contribution >= 4 is 11.9 Å². The number of hydrogen-bond acceptors (Lipinski definition) is 10. The Hall–Kier alpha value is -3.42. The molecule has 11 nitrogen and oxygen atoms in total. The van der Waals surface area contributed by atoms with Gasteiger partial charge in [0.05, 0.1) is 25.4 Å². The minimum Gasteiger partial charge on any atom is -0.454 e. The Morgan fingerprint density at radius 1 is 0.494 bits per heavy atom. The SMILES string of the molecule is CC/C=C\C/C=C\C/C=C\C/C=C\C/C=C\C/C=C\CC(O)C(=O)NC(COC1OC(CO)C(O)C(O)C1OC(=O)CCCCCCCCCCCCC/C=C/CCCCCCCC)C(O)/C=C/CCCCCCCCCCCCC. The molecular weight excluding hydrogens is 1010 g/mol. The van der Waals surface area contributed by atoms with E-state index >= 15 is 0 Å². The van der Waals surface area contributed by atoms with Gasteiger partial charge in [0.1, 0.15) is 24.4 Å². The fourth-order valence-electron chi connectivity index (χ4n) is 9.78. The van der Waals surface area contributed by atoms with Crippen LogP contribution in [0.3, 0.4) is 0 Å². The van der Waals surface area contributed by atoms with Crippen molar-refractivity contribution in [1.82, 2.24) is 5.32 Å². The molecule has 11 heteroatoms. The van der Waals surface area contributed by atoms with Gasteiger partial charge in [-0.05, 0) is 83.5 Å². The maximum Gasteiger partial charge on any atom is 0.306 e. The molecule has 1 aliphatic rings. The number of ether oxygens (including phenoxy) is 3. The molecule has 1 fully saturated rings. The summed E-state index contributed by atoms with van der Waals surface area (Å²) in [5.41, 5.74) is 0. The Morgan fingerprint density at radius 3 is 1.32 bits per heavy atom. The summed E-state index contributed by atoms with van der Waals surface area (Å²) in [6.07, 6.45) is 66.0. The van der Waals surface area contributed by atoms with E-state index in [1.165, 1.54) is 148 Å². The normalized spacial score (nSPS) is 19.3. The van der Waals surface area contributed by atoms with Crippen LogP contribution in [0.2, 0.25) is 0 Å². The standard InChI is InChI=1S/C70H121NO10/c1-4-7-10-13-16-19-22-25-27-29-31-32-33-35-37-40-43-46-49-52-55-58-65(75)81-68-67(77)66(76)64(59-72)80-70(68)79-60-61(62(73)56-53-50-47-44-41-38-24-21-18-15-12-9-6-3)71-69(78)63(74)57-54-51-48-45-42-39-36-34-30-28-26-23-20-17-14-11-8-5-2/h8,11,17,20,25-28,34,36,42,45,51,53-54,56,61-64,66-68,70,72-74,76-77H,4-7,9-10,12-16,18-19,21-24,29-33,35,37-41,43-44,46-50,52,55,57-60H2,1-3H3,(H,71,78)/b11-8-,20-17-,27-25+,28-26-,36-34-,45-42-,54-51-,56-53+. The van der Waals surface area contributed by atoms with Gasteiger partial charge in [0.15, 0.2) is 12.4 Å². The summed E-state index contributed by atoms with van der Waals surface area (Å²) < 4.78 is 17.6. The van der Waals surface area contributed by atoms with E-state index in [4.69, 9.17) is 14.2 Å². The summed E-state index contributed by atoms with van der Waals surface area (Å²) >= 11 is 0. The first-order chi connectivity index (χ1) is 39.7. The zero-order valence-electron chi connectivity index (χ0n) is 51.6. The molecule has 0 bridgehead atoms. The summed E-state index contributed by atoms with van der Waals surface area (Å²) in [5, 5.41) is 57.0. The molecule has 0 aromatic rings. The Morgan fingerprint density at radius 2 is 0.889 bits per heavy atom. The van der Waals surface area contributed by atoms with Crippen LogP contribution in [0, 0.1) is 0 Å². The first-order valence-electron chi connectivity index (χ1n) is 33.0. The van der Waals surface area contributed by atoms with Crippen molar-refractivity contribution in [3.63, 3.8) is 0 Å². The molecule has 81 heavy (non-hydrogen) atoms. The molecule has 1 amide bonds. The van der Waals surface area contributed by atoms with Crippen LogP contribution in [0.25, 0.3) is 0 Å². The lowest BCUT2D eigenvalue weighted by Gasteiger charge is -2.41. The molecule has 0 radical (unpaired) electrons. The van der Waals surface area contributed by atoms with E-state index in [0.29, 0.717) is 12.8 Å². The van der Waals surface area contributed by atoms with Gasteiger partial charge in [-0.25, -0.2) is 0 Å². The van der Waals surface area contributed by atoms with Gasteiger partial charge in [-0.2, -0.15) is 0 Å². The van der Waals surface area contributed by atoms with Gasteiger partial charge >= 0.3 is 5.97 Å². The maximum atomic E-state index is 13.4. The van der Waals surface area contributed by atoms with Crippen LogP contribution >= 0.6 is 0 Å². The Balaban J connectivity index is 2.70. The van der Waals surface area contributed by atoms with Gasteiger partial charge in [0.2, 0.25) is 5.91 Å². The van der Waals surface area contributed by atoms with Gasteiger partial charge in [-0.1, -0.05) is 272 Å². The third-order valence-corrected chi connectivity index (χ3v) is 15.0. The molecule has 1 saturated heterocycles. The predicted octanol–water partition coefficient (Wildman–Crippen LogP) is 16.3. The highest BCUT2D eigenvalue weighted by molar-refractivity contribution is 5.81. The van der Waals surface area contributed by atoms with Crippen molar-refractivity contribution in [2.24, 2.45) is 0 Å². The van der Waals surface area contributed by atoms with Gasteiger partial charge in [0, 0.05) is 12.8 Å². The molecule has 0 aromatic heterocycles. The number of allylic oxidation sites excluding steroid dienone is 14. The van der Waals surface area contributed by atoms with Crippen molar-refractivity contribution in [1.29, 1.82) is 0 Å². The highest BCUT2D eigenvalue weighted by atomic mass is 16.7. The molecule has 1 rings (SSSR count). The van der Waals surface area contributed by atoms with E-state index in [1.807, 2.05) is 18.2 Å². The monoisotopic (exact) mass is 1140 g/mol. The molecule has 6 N–H and O–H groups in total. The van der Waals surface area contributed by atoms with Crippen LogP contribution in [0.4, 0.5) is 0 Å². The molecule has 466 valence electrons. The number of unbranched alkanes of at least 4 members (excludes halogenated alkanes) is 28. The Kier molecular flexibility index (Phi) is 53.2. The molecule has 0 aromatic carbocycles. The first-order valence-corrected chi connectivity index (χ1v) is 33.0. The van der Waals surface area contributed by atoms with Gasteiger partial charge in [-0.15, -0.1) is 0 Å². The van der Waals surface area contributed by atoms with Gasteiger partial charge < -0.3 is 45.1 Å². The average molecular weight is 1140 g/mol. The second-order valence-electron chi connectivity index (χ2n) is 22.5. The second kappa shape index (κ2) is 57.0. The van der Waals surface area contributed by atoms with Crippen molar-refractivity contribution in [3.05, 3.63) is 97.2 Å². The number of esters is 1. The van der Waals surface area contributed by atoms with Crippen LogP contribution < -0.4 is 5.32 Å². The van der Waals surface area contributed by atoms with E-state index in [2.05, 4.69) is 92.9 Å². The minimum atomic E-state index is -1.63. The second-order valence-corrected chi connectivity index (χ2v) is 22.5. The lowest BCUT2D eigenvalue weighted by molar-refractivity contribution is -0.305. The summed E-state index contributed by atoms with van der Waals surface area (Å²) in [5.74, 6) is -1.29. The number of nitrogens with one attached hydrogen (secondary N) is 1. The van der Waals surface area contributed by atoms with E-state index in [0.717, 1.165) is 77.0 Å². The smallest absolute Gasteiger partial charge is 0.306 e. The zero-order chi connectivity index (χ0) is 58.9. The van der Waals surface area contributed by atoms with Crippen LogP contribution in [0.15, 0.2) is 97.2 Å². The number of hydrogen-bond donors (Lipinski definition) is 6. The van der Waals surface area contributed by atoms with Crippen LogP contribution in [0.1, 0.15) is 271 Å². The summed E-state index contributed by atoms with van der Waals surface area (Å²) in [4.78, 5) is 26.6. The third-order valence-electron chi connectivity index (χ3n) is 15.0. The first kappa shape index (κ1) is 75.6. The predicted molar refractivity (Wildman–Crippen MR) is 338 cm³/mol. The Labute approximate surface area is 495 Å². The van der Waals surface area contributed by atoms with Gasteiger partial charge in [-0.3, -0.25) is 9.59 Å². The number of rotatable bonds is 55. The van der Waals surface area contributed by atoms with Crippen LogP contribution in [-0.2, 0) is 23.8 Å². The topological polar surface area (TPSA) is 175 Å². The number of aliphatic hydroxyl groups excluding tert-OH is 5. The Bertz CT molecular complexity index is 1690. The summed E-state index contributed by atoms with van der Waals surface area (Å²) in [7, 11) is 0. The average Bonchev–Trinajstić information content (AvgIpc) is 3.46. The quantitative estimate of drug-likeness (QED) is 0.0195. The maximum absolute atomic E-state index is 13.4. The highest BCUT2D eigenvalue weighted by Crippen LogP contribution is 2.26. The zero-order valence-corrected chi connectivity index (χ0v) is 51.6. The molecular formula is C70H121NO10. The molecule has 0 aliphatic carbocycles. The third kappa shape index (κ3) is 44.7. The number of carbonyl (C=O) groups excluding carboxylic acids is 2. The van der Waals surface area contributed by atoms with Crippen molar-refractivity contribution in [2.45, 2.75) is 320 Å². The van der Waals surface area contributed by atoms with Crippen LogP contribution in [0.5, 0.6) is 0 Å². The minimum absolute atomic E-state index is 0.0545. The molecule has 8 unspecified atom stereocenters. The molecule has 8 atom stereocenters. The molecule has 1 heterocycles. The lowest BCUT2D eigenvalue weighted by Crippen LogP contribution is -2.61. The van der Waals surface area contributed by atoms with Crippen molar-refractivity contribution < 1.29 is 49.3 Å². The fraction of sp³-hybridized carbons (Fsp3) is 0.743. The summed E-state index contributed by atoms with van der Waals surface area (Å²) in [6.45, 7) is 5.64. The van der Waals surface area contributed by atoms with Crippen molar-refractivity contribution in [2.75, 3.05) is 13.2 Å². The van der Waals surface area contributed by atoms with E-state index in [1.54, 1.807) is 12.2 Å². The highest BCUT2D eigenvalue weighted by Gasteiger charge is 2.47. The molecule has 0 saturated carbocycles. The van der Waals surface area contributed by atoms with Crippen molar-refractivity contribution in [3.8, 4) is 0 Å². The largest absolute Gasteiger partial charge is 0.454 e. The lowest BCUT2D eigenvalue weighted by atomic mass is 9.99. The van der Waals surface area contributed by atoms with E-state index in [-0.39, 0.29) is 19.4 Å². The van der Waals surface area contributed by atoms with Gasteiger partial charge in [0.25, 0.3) is 0 Å². The number of aliphatic hydroxyl groups is 5.